The van der Waals surface area contributed by atoms with Gasteiger partial charge in [-0.1, -0.05) is 46.8 Å². The van der Waals surface area contributed by atoms with Gasteiger partial charge in [-0.25, -0.2) is 0 Å². The average Bonchev–Trinajstić information content (AvgIpc) is 2.34. The van der Waals surface area contributed by atoms with Gasteiger partial charge in [-0.2, -0.15) is 0 Å². The summed E-state index contributed by atoms with van der Waals surface area (Å²) in [7, 11) is 0. The van der Waals surface area contributed by atoms with Crippen molar-refractivity contribution >= 4 is 11.8 Å². The Morgan fingerprint density at radius 3 is 2.05 bits per heavy atom. The van der Waals surface area contributed by atoms with E-state index in [4.69, 9.17) is 5.73 Å². The van der Waals surface area contributed by atoms with Crippen molar-refractivity contribution in [3.8, 4) is 0 Å². The molecule has 0 spiro atoms. The number of thioether (sulfide) groups is 1. The third kappa shape index (κ3) is 6.01. The second-order valence-corrected chi connectivity index (χ2v) is 8.26. The fourth-order valence-electron chi connectivity index (χ4n) is 1.89. The largest absolute Gasteiger partial charge is 0.330 e. The Labute approximate surface area is 123 Å². The van der Waals surface area contributed by atoms with Crippen LogP contribution in [0.5, 0.6) is 0 Å². The summed E-state index contributed by atoms with van der Waals surface area (Å²) < 4.78 is 0. The Morgan fingerprint density at radius 2 is 1.58 bits per heavy atom. The molecule has 2 heteroatoms. The molecule has 1 nitrogen and oxygen atoms in total. The summed E-state index contributed by atoms with van der Waals surface area (Å²) in [6.07, 6.45) is 2.44. The van der Waals surface area contributed by atoms with Crippen molar-refractivity contribution in [1.82, 2.24) is 0 Å². The van der Waals surface area contributed by atoms with E-state index in [1.54, 1.807) is 0 Å². The molecule has 0 radical (unpaired) electrons. The summed E-state index contributed by atoms with van der Waals surface area (Å²) in [4.78, 5) is 1.37. The lowest BCUT2D eigenvalue weighted by atomic mass is 9.87. The summed E-state index contributed by atoms with van der Waals surface area (Å²) in [5.74, 6) is 1.18. The van der Waals surface area contributed by atoms with Crippen LogP contribution >= 0.6 is 11.8 Å². The first-order chi connectivity index (χ1) is 8.74. The lowest BCUT2D eigenvalue weighted by molar-refractivity contribution is 0.345. The highest BCUT2D eigenvalue weighted by Gasteiger charge is 2.15. The minimum absolute atomic E-state index is 0.244. The molecule has 0 saturated heterocycles. The molecular formula is C17H29NS. The molecule has 0 aromatic heterocycles. The van der Waals surface area contributed by atoms with Gasteiger partial charge in [0.15, 0.2) is 0 Å². The summed E-state index contributed by atoms with van der Waals surface area (Å²) in [5, 5.41) is 0. The quantitative estimate of drug-likeness (QED) is 0.595. The van der Waals surface area contributed by atoms with Gasteiger partial charge in [-0.15, -0.1) is 11.8 Å². The van der Waals surface area contributed by atoms with E-state index >= 15 is 0 Å². The zero-order valence-electron chi connectivity index (χ0n) is 13.1. The van der Waals surface area contributed by atoms with Gasteiger partial charge in [0.1, 0.15) is 0 Å². The Kier molecular flexibility index (Phi) is 5.94. The zero-order valence-corrected chi connectivity index (χ0v) is 13.9. The molecule has 0 aliphatic carbocycles. The predicted octanol–water partition coefficient (Wildman–Crippen LogP) is 4.84. The lowest BCUT2D eigenvalue weighted by Gasteiger charge is -2.22. The van der Waals surface area contributed by atoms with E-state index < -0.39 is 0 Å². The lowest BCUT2D eigenvalue weighted by Crippen LogP contribution is -2.23. The van der Waals surface area contributed by atoms with Crippen molar-refractivity contribution in [2.45, 2.75) is 57.8 Å². The summed E-state index contributed by atoms with van der Waals surface area (Å²) in [6.45, 7) is 12.0. The fraction of sp³-hybridized carbons (Fsp3) is 0.647. The van der Waals surface area contributed by atoms with Crippen LogP contribution in [0.25, 0.3) is 0 Å². The van der Waals surface area contributed by atoms with E-state index in [1.165, 1.54) is 29.1 Å². The number of hydrogen-bond donors (Lipinski definition) is 1. The van der Waals surface area contributed by atoms with Crippen LogP contribution in [0.2, 0.25) is 0 Å². The highest BCUT2D eigenvalue weighted by molar-refractivity contribution is 7.99. The molecule has 0 aliphatic rings. The molecular weight excluding hydrogens is 250 g/mol. The van der Waals surface area contributed by atoms with Gasteiger partial charge < -0.3 is 5.73 Å². The SMILES string of the molecule is CC(C)(CN)CCCSc1ccc(C(C)(C)C)cc1. The molecule has 19 heavy (non-hydrogen) atoms. The third-order valence-corrected chi connectivity index (χ3v) is 4.64. The van der Waals surface area contributed by atoms with Crippen LogP contribution in [0.1, 0.15) is 53.0 Å². The monoisotopic (exact) mass is 279 g/mol. The molecule has 2 N–H and O–H groups in total. The van der Waals surface area contributed by atoms with E-state index in [0.717, 1.165) is 6.54 Å². The first kappa shape index (κ1) is 16.6. The Balaban J connectivity index is 2.39. The summed E-state index contributed by atoms with van der Waals surface area (Å²) in [6, 6.07) is 9.01. The number of nitrogens with two attached hydrogens (primary N) is 1. The van der Waals surface area contributed by atoms with Gasteiger partial charge in [0.2, 0.25) is 0 Å². The van der Waals surface area contributed by atoms with Crippen LogP contribution in [0.3, 0.4) is 0 Å². The van der Waals surface area contributed by atoms with Gasteiger partial charge in [0, 0.05) is 4.90 Å². The maximum absolute atomic E-state index is 5.75. The van der Waals surface area contributed by atoms with Gasteiger partial charge in [-0.05, 0) is 53.7 Å². The van der Waals surface area contributed by atoms with Crippen molar-refractivity contribution in [2.75, 3.05) is 12.3 Å². The minimum atomic E-state index is 0.244. The molecule has 0 saturated carbocycles. The standard InChI is InChI=1S/C17H29NS/c1-16(2,3)14-7-9-15(10-8-14)19-12-6-11-17(4,5)13-18/h7-10H,6,11-13,18H2,1-5H3. The molecule has 1 rings (SSSR count). The van der Waals surface area contributed by atoms with Crippen LogP contribution in [-0.4, -0.2) is 12.3 Å². The number of hydrogen-bond acceptors (Lipinski definition) is 2. The average molecular weight is 279 g/mol. The van der Waals surface area contributed by atoms with Crippen molar-refractivity contribution < 1.29 is 0 Å². The smallest absolute Gasteiger partial charge is 0.00721 e. The van der Waals surface area contributed by atoms with Crippen molar-refractivity contribution in [3.05, 3.63) is 29.8 Å². The molecule has 108 valence electrons. The first-order valence-corrected chi connectivity index (χ1v) is 8.17. The van der Waals surface area contributed by atoms with Crippen LogP contribution in [0.15, 0.2) is 29.2 Å². The van der Waals surface area contributed by atoms with Gasteiger partial charge in [0.25, 0.3) is 0 Å². The van der Waals surface area contributed by atoms with Crippen molar-refractivity contribution in [1.29, 1.82) is 0 Å². The third-order valence-electron chi connectivity index (χ3n) is 3.54. The van der Waals surface area contributed by atoms with E-state index in [0.29, 0.717) is 0 Å². The molecule has 0 bridgehead atoms. The molecule has 1 aromatic rings. The van der Waals surface area contributed by atoms with Crippen LogP contribution < -0.4 is 5.73 Å². The Morgan fingerprint density at radius 1 is 1.00 bits per heavy atom. The second kappa shape index (κ2) is 6.81. The highest BCUT2D eigenvalue weighted by Crippen LogP contribution is 2.27. The van der Waals surface area contributed by atoms with E-state index in [9.17, 15) is 0 Å². The van der Waals surface area contributed by atoms with Gasteiger partial charge in [0.05, 0.1) is 0 Å². The molecule has 0 fully saturated rings. The van der Waals surface area contributed by atoms with Crippen LogP contribution in [0, 0.1) is 5.41 Å². The topological polar surface area (TPSA) is 26.0 Å². The maximum atomic E-state index is 5.75. The van der Waals surface area contributed by atoms with E-state index in [-0.39, 0.29) is 10.8 Å². The van der Waals surface area contributed by atoms with E-state index in [2.05, 4.69) is 58.9 Å². The molecule has 0 heterocycles. The minimum Gasteiger partial charge on any atom is -0.330 e. The number of rotatable bonds is 6. The molecule has 0 amide bonds. The normalized spacial score (nSPS) is 12.7. The molecule has 0 unspecified atom stereocenters. The zero-order chi connectivity index (χ0) is 14.5. The van der Waals surface area contributed by atoms with Crippen LogP contribution in [0.4, 0.5) is 0 Å². The maximum Gasteiger partial charge on any atom is 0.00721 e. The van der Waals surface area contributed by atoms with Crippen molar-refractivity contribution in [3.63, 3.8) is 0 Å². The Hall–Kier alpha value is -0.470. The van der Waals surface area contributed by atoms with Crippen molar-refractivity contribution in [2.24, 2.45) is 11.1 Å². The number of benzene rings is 1. The van der Waals surface area contributed by atoms with Gasteiger partial charge in [-0.3, -0.25) is 0 Å². The summed E-state index contributed by atoms with van der Waals surface area (Å²) in [5.41, 5.74) is 7.69. The van der Waals surface area contributed by atoms with Crippen LogP contribution in [-0.2, 0) is 5.41 Å². The van der Waals surface area contributed by atoms with E-state index in [1.807, 2.05) is 11.8 Å². The highest BCUT2D eigenvalue weighted by atomic mass is 32.2. The summed E-state index contributed by atoms with van der Waals surface area (Å²) >= 11 is 1.95. The molecule has 1 aromatic carbocycles. The van der Waals surface area contributed by atoms with Gasteiger partial charge >= 0.3 is 0 Å². The Bertz CT molecular complexity index is 373. The predicted molar refractivity (Wildman–Crippen MR) is 87.9 cm³/mol. The molecule has 0 aliphatic heterocycles. The molecule has 0 atom stereocenters. The fourth-order valence-corrected chi connectivity index (χ4v) is 2.75. The first-order valence-electron chi connectivity index (χ1n) is 7.18. The second-order valence-electron chi connectivity index (χ2n) is 7.09.